The van der Waals surface area contributed by atoms with Crippen LogP contribution < -0.4 is 5.73 Å². The third-order valence-electron chi connectivity index (χ3n) is 3.54. The van der Waals surface area contributed by atoms with Crippen molar-refractivity contribution in [1.29, 1.82) is 0 Å². The quantitative estimate of drug-likeness (QED) is 0.754. The van der Waals surface area contributed by atoms with Crippen molar-refractivity contribution < 1.29 is 8.78 Å². The largest absolute Gasteiger partial charge is 0.383 e. The van der Waals surface area contributed by atoms with Gasteiger partial charge >= 0.3 is 0 Å². The van der Waals surface area contributed by atoms with Gasteiger partial charge in [0, 0.05) is 12.0 Å². The number of nitrogens with one attached hydrogen (secondary N) is 1. The van der Waals surface area contributed by atoms with Crippen LogP contribution in [-0.4, -0.2) is 20.0 Å². The van der Waals surface area contributed by atoms with Gasteiger partial charge in [-0.1, -0.05) is 0 Å². The van der Waals surface area contributed by atoms with E-state index in [2.05, 4.69) is 15.3 Å². The molecule has 0 saturated heterocycles. The molecule has 5 nitrogen and oxygen atoms in total. The van der Waals surface area contributed by atoms with E-state index in [-0.39, 0.29) is 5.69 Å². The molecule has 1 saturated carbocycles. The van der Waals surface area contributed by atoms with Gasteiger partial charge < -0.3 is 5.73 Å². The van der Waals surface area contributed by atoms with Gasteiger partial charge in [0.25, 0.3) is 0 Å². The van der Waals surface area contributed by atoms with Crippen LogP contribution in [0.3, 0.4) is 0 Å². The number of nitrogens with two attached hydrogens (primary N) is 1. The van der Waals surface area contributed by atoms with Crippen LogP contribution in [0.2, 0.25) is 0 Å². The SMILES string of the molecule is Nc1[nH]nc2c1c(C1CC1)nn2-c1ccc(F)cc1F. The third kappa shape index (κ3) is 1.52. The molecule has 1 fully saturated rings. The Labute approximate surface area is 112 Å². The van der Waals surface area contributed by atoms with Gasteiger partial charge in [-0.2, -0.15) is 10.2 Å². The van der Waals surface area contributed by atoms with E-state index in [1.807, 2.05) is 0 Å². The normalized spacial score (nSPS) is 15.1. The van der Waals surface area contributed by atoms with Crippen LogP contribution >= 0.6 is 0 Å². The molecule has 20 heavy (non-hydrogen) atoms. The molecule has 0 unspecified atom stereocenters. The monoisotopic (exact) mass is 275 g/mol. The first-order chi connectivity index (χ1) is 9.65. The van der Waals surface area contributed by atoms with Gasteiger partial charge in [-0.25, -0.2) is 13.5 Å². The predicted octanol–water partition coefficient (Wildman–Crippen LogP) is 2.49. The van der Waals surface area contributed by atoms with Crippen molar-refractivity contribution >= 4 is 16.9 Å². The van der Waals surface area contributed by atoms with Crippen molar-refractivity contribution in [1.82, 2.24) is 20.0 Å². The molecule has 0 bridgehead atoms. The lowest BCUT2D eigenvalue weighted by Crippen LogP contribution is -2.02. The number of H-pyrrole nitrogens is 1. The number of nitrogen functional groups attached to an aromatic ring is 1. The standard InChI is InChI=1S/C13H11F2N5/c14-7-3-4-9(8(15)5-7)20-13-10(12(16)17-18-13)11(19-20)6-1-2-6/h3-6H,1-2H2,(H3,16,17,18). The van der Waals surface area contributed by atoms with Crippen molar-refractivity contribution in [2.75, 3.05) is 5.73 Å². The summed E-state index contributed by atoms with van der Waals surface area (Å²) in [6.07, 6.45) is 2.09. The lowest BCUT2D eigenvalue weighted by atomic mass is 10.2. The van der Waals surface area contributed by atoms with Gasteiger partial charge in [-0.15, -0.1) is 0 Å². The van der Waals surface area contributed by atoms with Gasteiger partial charge in [-0.05, 0) is 25.0 Å². The van der Waals surface area contributed by atoms with Crippen LogP contribution in [0.15, 0.2) is 18.2 Å². The highest BCUT2D eigenvalue weighted by Crippen LogP contribution is 2.43. The van der Waals surface area contributed by atoms with Gasteiger partial charge in [0.05, 0.1) is 11.1 Å². The fourth-order valence-electron chi connectivity index (χ4n) is 2.42. The summed E-state index contributed by atoms with van der Waals surface area (Å²) in [5.74, 6) is -0.533. The van der Waals surface area contributed by atoms with E-state index in [0.717, 1.165) is 30.0 Å². The second-order valence-corrected chi connectivity index (χ2v) is 5.00. The summed E-state index contributed by atoms with van der Waals surface area (Å²) in [6.45, 7) is 0. The van der Waals surface area contributed by atoms with Gasteiger partial charge in [0.1, 0.15) is 17.3 Å². The molecule has 1 aliphatic carbocycles. The van der Waals surface area contributed by atoms with Crippen LogP contribution in [0.1, 0.15) is 24.5 Å². The summed E-state index contributed by atoms with van der Waals surface area (Å²) in [4.78, 5) is 0. The van der Waals surface area contributed by atoms with E-state index in [1.54, 1.807) is 0 Å². The highest BCUT2D eigenvalue weighted by Gasteiger charge is 2.31. The third-order valence-corrected chi connectivity index (χ3v) is 3.54. The Balaban J connectivity index is 2.00. The summed E-state index contributed by atoms with van der Waals surface area (Å²) < 4.78 is 28.3. The molecule has 102 valence electrons. The molecule has 2 heterocycles. The minimum absolute atomic E-state index is 0.162. The molecule has 7 heteroatoms. The molecule has 0 aliphatic heterocycles. The zero-order valence-corrected chi connectivity index (χ0v) is 10.4. The van der Waals surface area contributed by atoms with Gasteiger partial charge in [-0.3, -0.25) is 5.10 Å². The van der Waals surface area contributed by atoms with E-state index >= 15 is 0 Å². The number of aromatic amines is 1. The van der Waals surface area contributed by atoms with E-state index in [4.69, 9.17) is 5.73 Å². The number of hydrogen-bond donors (Lipinski definition) is 2. The lowest BCUT2D eigenvalue weighted by Gasteiger charge is -2.03. The van der Waals surface area contributed by atoms with Crippen molar-refractivity contribution in [3.8, 4) is 5.69 Å². The Bertz CT molecular complexity index is 816. The highest BCUT2D eigenvalue weighted by molar-refractivity contribution is 5.90. The summed E-state index contributed by atoms with van der Waals surface area (Å²) in [5.41, 5.74) is 7.33. The zero-order valence-electron chi connectivity index (χ0n) is 10.4. The lowest BCUT2D eigenvalue weighted by molar-refractivity contribution is 0.574. The number of rotatable bonds is 2. The first-order valence-electron chi connectivity index (χ1n) is 6.33. The van der Waals surface area contributed by atoms with E-state index in [1.165, 1.54) is 16.8 Å². The maximum atomic E-state index is 13.9. The Kier molecular flexibility index (Phi) is 2.15. The second kappa shape index (κ2) is 3.78. The van der Waals surface area contributed by atoms with Crippen molar-refractivity contribution in [2.45, 2.75) is 18.8 Å². The van der Waals surface area contributed by atoms with E-state index in [9.17, 15) is 8.78 Å². The molecule has 4 rings (SSSR count). The molecule has 3 N–H and O–H groups in total. The fraction of sp³-hybridized carbons (Fsp3) is 0.231. The summed E-state index contributed by atoms with van der Waals surface area (Å²) in [7, 11) is 0. The molecule has 0 atom stereocenters. The topological polar surface area (TPSA) is 72.5 Å². The predicted molar refractivity (Wildman–Crippen MR) is 69.5 cm³/mol. The van der Waals surface area contributed by atoms with Crippen LogP contribution in [0.4, 0.5) is 14.6 Å². The van der Waals surface area contributed by atoms with Crippen LogP contribution in [0, 0.1) is 11.6 Å². The van der Waals surface area contributed by atoms with Crippen molar-refractivity contribution in [2.24, 2.45) is 0 Å². The zero-order chi connectivity index (χ0) is 13.9. The maximum absolute atomic E-state index is 13.9. The molecular formula is C13H11F2N5. The molecule has 3 aromatic rings. The summed E-state index contributed by atoms with van der Waals surface area (Å²) in [6, 6.07) is 3.37. The van der Waals surface area contributed by atoms with Crippen molar-refractivity contribution in [3.05, 3.63) is 35.5 Å². The highest BCUT2D eigenvalue weighted by atomic mass is 19.1. The first-order valence-corrected chi connectivity index (χ1v) is 6.33. The minimum atomic E-state index is -0.682. The molecule has 1 aromatic carbocycles. The van der Waals surface area contributed by atoms with E-state index < -0.39 is 11.6 Å². The second-order valence-electron chi connectivity index (χ2n) is 5.00. The maximum Gasteiger partial charge on any atom is 0.186 e. The van der Waals surface area contributed by atoms with Gasteiger partial charge in [0.15, 0.2) is 11.5 Å². The number of aromatic nitrogens is 4. The average molecular weight is 275 g/mol. The average Bonchev–Trinajstić information content (AvgIpc) is 3.08. The fourth-order valence-corrected chi connectivity index (χ4v) is 2.42. The summed E-state index contributed by atoms with van der Waals surface area (Å²) >= 11 is 0. The van der Waals surface area contributed by atoms with Crippen LogP contribution in [0.5, 0.6) is 0 Å². The van der Waals surface area contributed by atoms with Gasteiger partial charge in [0.2, 0.25) is 0 Å². The molecular weight excluding hydrogens is 264 g/mol. The number of halogens is 2. The van der Waals surface area contributed by atoms with Crippen LogP contribution in [0.25, 0.3) is 16.7 Å². The minimum Gasteiger partial charge on any atom is -0.383 e. The Morgan fingerprint density at radius 2 is 2.10 bits per heavy atom. The first kappa shape index (κ1) is 11.4. The number of benzene rings is 1. The Morgan fingerprint density at radius 1 is 1.30 bits per heavy atom. The van der Waals surface area contributed by atoms with E-state index in [0.29, 0.717) is 17.4 Å². The molecule has 2 aromatic heterocycles. The Hall–Kier alpha value is -2.44. The molecule has 0 spiro atoms. The Morgan fingerprint density at radius 3 is 2.80 bits per heavy atom. The smallest absolute Gasteiger partial charge is 0.186 e. The molecule has 0 amide bonds. The summed E-state index contributed by atoms with van der Waals surface area (Å²) in [5, 5.41) is 11.9. The molecule has 0 radical (unpaired) electrons. The van der Waals surface area contributed by atoms with Crippen LogP contribution in [-0.2, 0) is 0 Å². The number of hydrogen-bond acceptors (Lipinski definition) is 3. The molecule has 1 aliphatic rings. The number of anilines is 1. The number of fused-ring (bicyclic) bond motifs is 1. The van der Waals surface area contributed by atoms with Crippen molar-refractivity contribution in [3.63, 3.8) is 0 Å². The number of nitrogens with zero attached hydrogens (tertiary/aromatic N) is 3.